The van der Waals surface area contributed by atoms with E-state index in [0.717, 1.165) is 10.9 Å². The van der Waals surface area contributed by atoms with Crippen LogP contribution in [0.25, 0.3) is 0 Å². The van der Waals surface area contributed by atoms with E-state index >= 15 is 0 Å². The summed E-state index contributed by atoms with van der Waals surface area (Å²) >= 11 is 6.73. The summed E-state index contributed by atoms with van der Waals surface area (Å²) in [6.07, 6.45) is 0.923. The van der Waals surface area contributed by atoms with Gasteiger partial charge in [0.1, 0.15) is 0 Å². The van der Waals surface area contributed by atoms with Crippen LogP contribution >= 0.6 is 31.9 Å². The normalized spacial score (nSPS) is 25.5. The van der Waals surface area contributed by atoms with E-state index in [1.807, 2.05) is 0 Å². The van der Waals surface area contributed by atoms with E-state index < -0.39 is 10.0 Å². The van der Waals surface area contributed by atoms with E-state index in [0.29, 0.717) is 22.7 Å². The fourth-order valence-corrected chi connectivity index (χ4v) is 5.42. The van der Waals surface area contributed by atoms with Crippen molar-refractivity contribution in [2.75, 3.05) is 11.9 Å². The largest absolute Gasteiger partial charge is 0.243 e. The van der Waals surface area contributed by atoms with E-state index in [-0.39, 0.29) is 6.04 Å². The molecule has 2 unspecified atom stereocenters. The molecule has 2 rings (SSSR count). The van der Waals surface area contributed by atoms with E-state index in [2.05, 4.69) is 38.8 Å². The number of rotatable bonds is 3. The lowest BCUT2D eigenvalue weighted by atomic mass is 10.1. The van der Waals surface area contributed by atoms with Gasteiger partial charge in [-0.15, -0.1) is 0 Å². The Morgan fingerprint density at radius 2 is 1.94 bits per heavy atom. The fourth-order valence-electron chi connectivity index (χ4n) is 2.24. The van der Waals surface area contributed by atoms with Crippen molar-refractivity contribution in [1.29, 1.82) is 0 Å². The maximum absolute atomic E-state index is 12.6. The van der Waals surface area contributed by atoms with Gasteiger partial charge in [-0.25, -0.2) is 8.42 Å². The van der Waals surface area contributed by atoms with Crippen molar-refractivity contribution in [2.24, 2.45) is 5.92 Å². The van der Waals surface area contributed by atoms with Crippen molar-refractivity contribution in [3.05, 3.63) is 28.7 Å². The van der Waals surface area contributed by atoms with Crippen molar-refractivity contribution < 1.29 is 8.42 Å². The molecular formula is C12H15Br2NO2S. The summed E-state index contributed by atoms with van der Waals surface area (Å²) in [4.78, 5) is 0.366. The molecule has 2 atom stereocenters. The van der Waals surface area contributed by atoms with Gasteiger partial charge in [-0.3, -0.25) is 0 Å². The highest BCUT2D eigenvalue weighted by molar-refractivity contribution is 9.10. The van der Waals surface area contributed by atoms with Gasteiger partial charge in [-0.1, -0.05) is 38.8 Å². The van der Waals surface area contributed by atoms with Crippen LogP contribution in [0.4, 0.5) is 0 Å². The third kappa shape index (κ3) is 2.66. The van der Waals surface area contributed by atoms with Gasteiger partial charge in [0.15, 0.2) is 0 Å². The van der Waals surface area contributed by atoms with Crippen LogP contribution in [-0.4, -0.2) is 30.6 Å². The Labute approximate surface area is 125 Å². The van der Waals surface area contributed by atoms with Crippen LogP contribution < -0.4 is 0 Å². The Morgan fingerprint density at radius 1 is 1.33 bits per heavy atom. The number of hydrogen-bond acceptors (Lipinski definition) is 2. The van der Waals surface area contributed by atoms with Gasteiger partial charge in [-0.2, -0.15) is 4.31 Å². The molecule has 0 N–H and O–H groups in total. The van der Waals surface area contributed by atoms with Gasteiger partial charge < -0.3 is 0 Å². The smallest absolute Gasteiger partial charge is 0.207 e. The average Bonchev–Trinajstić information content (AvgIpc) is 2.71. The summed E-state index contributed by atoms with van der Waals surface area (Å²) in [6.45, 7) is 2.71. The number of nitrogens with zero attached hydrogens (tertiary/aromatic N) is 1. The zero-order chi connectivity index (χ0) is 13.3. The second kappa shape index (κ2) is 5.61. The molecule has 3 nitrogen and oxygen atoms in total. The fraction of sp³-hybridized carbons (Fsp3) is 0.500. The minimum Gasteiger partial charge on any atom is -0.207 e. The monoisotopic (exact) mass is 395 g/mol. The average molecular weight is 397 g/mol. The summed E-state index contributed by atoms with van der Waals surface area (Å²) in [7, 11) is -3.37. The molecule has 1 aliphatic rings. The summed E-state index contributed by atoms with van der Waals surface area (Å²) in [5.41, 5.74) is 0. The standard InChI is InChI=1S/C12H15Br2NO2S/c1-9-6-7-15(12(9)8-13)18(16,17)11-4-2-10(14)3-5-11/h2-5,9,12H,6-8H2,1H3. The minimum atomic E-state index is -3.37. The van der Waals surface area contributed by atoms with Crippen molar-refractivity contribution in [2.45, 2.75) is 24.3 Å². The number of sulfonamides is 1. The van der Waals surface area contributed by atoms with Crippen molar-refractivity contribution in [3.63, 3.8) is 0 Å². The van der Waals surface area contributed by atoms with E-state index in [4.69, 9.17) is 0 Å². The van der Waals surface area contributed by atoms with Crippen LogP contribution in [0.1, 0.15) is 13.3 Å². The number of benzene rings is 1. The molecule has 18 heavy (non-hydrogen) atoms. The molecule has 0 saturated carbocycles. The Kier molecular flexibility index (Phi) is 4.52. The zero-order valence-electron chi connectivity index (χ0n) is 10.0. The number of halogens is 2. The van der Waals surface area contributed by atoms with Gasteiger partial charge in [0.05, 0.1) is 4.90 Å². The highest BCUT2D eigenvalue weighted by Crippen LogP contribution is 2.31. The Balaban J connectivity index is 2.34. The predicted molar refractivity (Wildman–Crippen MR) is 79.4 cm³/mol. The maximum atomic E-state index is 12.6. The summed E-state index contributed by atoms with van der Waals surface area (Å²) in [6, 6.07) is 6.87. The van der Waals surface area contributed by atoms with Gasteiger partial charge in [-0.05, 0) is 36.6 Å². The number of hydrogen-bond donors (Lipinski definition) is 0. The Morgan fingerprint density at radius 3 is 2.50 bits per heavy atom. The molecule has 1 fully saturated rings. The molecule has 0 amide bonds. The second-order valence-corrected chi connectivity index (χ2v) is 8.01. The van der Waals surface area contributed by atoms with Gasteiger partial charge >= 0.3 is 0 Å². The van der Waals surface area contributed by atoms with Crippen LogP contribution in [-0.2, 0) is 10.0 Å². The zero-order valence-corrected chi connectivity index (χ0v) is 14.0. The first-order valence-electron chi connectivity index (χ1n) is 5.80. The predicted octanol–water partition coefficient (Wildman–Crippen LogP) is 3.24. The third-order valence-corrected chi connectivity index (χ3v) is 6.54. The Bertz CT molecular complexity index is 515. The molecular weight excluding hydrogens is 382 g/mol. The molecule has 1 aromatic carbocycles. The maximum Gasteiger partial charge on any atom is 0.243 e. The molecule has 0 spiro atoms. The highest BCUT2D eigenvalue weighted by Gasteiger charge is 2.38. The van der Waals surface area contributed by atoms with Crippen LogP contribution in [0.15, 0.2) is 33.6 Å². The van der Waals surface area contributed by atoms with Crippen LogP contribution in [0.2, 0.25) is 0 Å². The number of alkyl halides is 1. The van der Waals surface area contributed by atoms with Gasteiger partial charge in [0, 0.05) is 22.4 Å². The Hall–Kier alpha value is 0.0900. The lowest BCUT2D eigenvalue weighted by Gasteiger charge is -2.24. The molecule has 6 heteroatoms. The molecule has 100 valence electrons. The van der Waals surface area contributed by atoms with E-state index in [1.165, 1.54) is 0 Å². The van der Waals surface area contributed by atoms with Crippen LogP contribution in [0.3, 0.4) is 0 Å². The first-order valence-corrected chi connectivity index (χ1v) is 9.15. The first kappa shape index (κ1) is 14.5. The summed E-state index contributed by atoms with van der Waals surface area (Å²) in [5.74, 6) is 0.398. The van der Waals surface area contributed by atoms with Crippen LogP contribution in [0, 0.1) is 5.92 Å². The van der Waals surface area contributed by atoms with Gasteiger partial charge in [0.2, 0.25) is 10.0 Å². The molecule has 1 heterocycles. The lowest BCUT2D eigenvalue weighted by molar-refractivity contribution is 0.378. The summed E-state index contributed by atoms with van der Waals surface area (Å²) < 4.78 is 27.6. The SMILES string of the molecule is CC1CCN(S(=O)(=O)c2ccc(Br)cc2)C1CBr. The topological polar surface area (TPSA) is 37.4 Å². The molecule has 0 radical (unpaired) electrons. The van der Waals surface area contributed by atoms with E-state index in [1.54, 1.807) is 28.6 Å². The molecule has 1 aliphatic heterocycles. The van der Waals surface area contributed by atoms with E-state index in [9.17, 15) is 8.42 Å². The molecule has 0 bridgehead atoms. The molecule has 0 aliphatic carbocycles. The summed E-state index contributed by atoms with van der Waals surface area (Å²) in [5, 5.41) is 0.684. The van der Waals surface area contributed by atoms with Crippen molar-refractivity contribution in [3.8, 4) is 0 Å². The highest BCUT2D eigenvalue weighted by atomic mass is 79.9. The first-order chi connectivity index (χ1) is 8.46. The van der Waals surface area contributed by atoms with Crippen LogP contribution in [0.5, 0.6) is 0 Å². The van der Waals surface area contributed by atoms with Crippen molar-refractivity contribution >= 4 is 41.9 Å². The molecule has 0 aromatic heterocycles. The lowest BCUT2D eigenvalue weighted by Crippen LogP contribution is -2.38. The quantitative estimate of drug-likeness (QED) is 0.735. The third-order valence-electron chi connectivity index (χ3n) is 3.41. The molecule has 1 aromatic rings. The second-order valence-electron chi connectivity index (χ2n) is 4.56. The van der Waals surface area contributed by atoms with Gasteiger partial charge in [0.25, 0.3) is 0 Å². The minimum absolute atomic E-state index is 0.0543. The molecule has 1 saturated heterocycles. The van der Waals surface area contributed by atoms with Crippen molar-refractivity contribution in [1.82, 2.24) is 4.31 Å².